The molecule has 2 aromatic heterocycles. The predicted octanol–water partition coefficient (Wildman–Crippen LogP) is 2.30. The summed E-state index contributed by atoms with van der Waals surface area (Å²) in [6.07, 6.45) is 4.09. The van der Waals surface area contributed by atoms with Crippen LogP contribution in [0, 0.1) is 0 Å². The molecular weight excluding hydrogens is 340 g/mol. The van der Waals surface area contributed by atoms with Gasteiger partial charge in [-0.15, -0.1) is 0 Å². The first-order chi connectivity index (χ1) is 13.2. The molecule has 0 radical (unpaired) electrons. The van der Waals surface area contributed by atoms with Crippen LogP contribution >= 0.6 is 0 Å². The van der Waals surface area contributed by atoms with Gasteiger partial charge in [-0.1, -0.05) is 6.07 Å². The van der Waals surface area contributed by atoms with Gasteiger partial charge < -0.3 is 26.0 Å². The lowest BCUT2D eigenvalue weighted by Crippen LogP contribution is -2.43. The summed E-state index contributed by atoms with van der Waals surface area (Å²) >= 11 is 0. The summed E-state index contributed by atoms with van der Waals surface area (Å²) in [7, 11) is 0. The fraction of sp³-hybridized carbons (Fsp3) is 0.500. The Bertz CT molecular complexity index is 754. The highest BCUT2D eigenvalue weighted by atomic mass is 16.3. The first-order valence-electron chi connectivity index (χ1n) is 9.80. The Balaban J connectivity index is 1.54. The molecule has 0 bridgehead atoms. The average molecular weight is 368 g/mol. The van der Waals surface area contributed by atoms with Crippen molar-refractivity contribution in [2.45, 2.75) is 31.8 Å². The number of hydrogen-bond donors (Lipinski definition) is 4. The molecule has 3 heterocycles. The van der Waals surface area contributed by atoms with Gasteiger partial charge in [-0.3, -0.25) is 0 Å². The summed E-state index contributed by atoms with van der Waals surface area (Å²) < 4.78 is 0. The Morgan fingerprint density at radius 3 is 2.63 bits per heavy atom. The largest absolute Gasteiger partial charge is 0.392 e. The Kier molecular flexibility index (Phi) is 5.40. The number of nitrogens with zero attached hydrogens (tertiary/aromatic N) is 3. The number of aliphatic hydroxyl groups is 1. The zero-order valence-electron chi connectivity index (χ0n) is 15.8. The molecule has 144 valence electrons. The van der Waals surface area contributed by atoms with Gasteiger partial charge in [0.2, 0.25) is 0 Å². The van der Waals surface area contributed by atoms with E-state index in [-0.39, 0.29) is 0 Å². The molecule has 4 N–H and O–H groups in total. The van der Waals surface area contributed by atoms with Crippen molar-refractivity contribution in [3.8, 4) is 0 Å². The van der Waals surface area contributed by atoms with Gasteiger partial charge in [0.05, 0.1) is 6.10 Å². The van der Waals surface area contributed by atoms with Gasteiger partial charge >= 0.3 is 0 Å². The zero-order valence-corrected chi connectivity index (χ0v) is 15.8. The third-order valence-corrected chi connectivity index (χ3v) is 4.96. The summed E-state index contributed by atoms with van der Waals surface area (Å²) in [6.45, 7) is 6.11. The Labute approximate surface area is 160 Å². The first-order valence-corrected chi connectivity index (χ1v) is 9.80. The zero-order chi connectivity index (χ0) is 18.6. The van der Waals surface area contributed by atoms with Crippen LogP contribution in [0.1, 0.15) is 31.2 Å². The molecule has 4 rings (SSSR count). The molecule has 0 amide bonds. The van der Waals surface area contributed by atoms with E-state index in [1.165, 1.54) is 18.4 Å². The van der Waals surface area contributed by atoms with Crippen LogP contribution in [-0.2, 0) is 0 Å². The maximum atomic E-state index is 9.58. The number of anilines is 4. The van der Waals surface area contributed by atoms with Crippen LogP contribution in [-0.4, -0.2) is 53.9 Å². The highest BCUT2D eigenvalue weighted by Gasteiger charge is 2.23. The molecule has 0 aromatic carbocycles. The second kappa shape index (κ2) is 8.10. The quantitative estimate of drug-likeness (QED) is 0.597. The topological polar surface area (TPSA) is 85.3 Å². The number of aliphatic hydroxyl groups excluding tert-OH is 1. The number of aromatic nitrogens is 2. The van der Waals surface area contributed by atoms with E-state index in [2.05, 4.69) is 43.0 Å². The van der Waals surface area contributed by atoms with Crippen molar-refractivity contribution in [2.24, 2.45) is 0 Å². The Morgan fingerprint density at radius 2 is 1.96 bits per heavy atom. The van der Waals surface area contributed by atoms with E-state index >= 15 is 0 Å². The lowest BCUT2D eigenvalue weighted by molar-refractivity contribution is 0.208. The lowest BCUT2D eigenvalue weighted by Gasteiger charge is -2.30. The molecule has 1 atom stereocenters. The molecule has 0 spiro atoms. The molecule has 1 saturated heterocycles. The molecule has 1 aliphatic carbocycles. The summed E-state index contributed by atoms with van der Waals surface area (Å²) in [6, 6.07) is 8.29. The fourth-order valence-corrected chi connectivity index (χ4v) is 3.30. The van der Waals surface area contributed by atoms with Gasteiger partial charge in [-0.05, 0) is 37.3 Å². The van der Waals surface area contributed by atoms with E-state index in [4.69, 9.17) is 0 Å². The van der Waals surface area contributed by atoms with Crippen molar-refractivity contribution in [2.75, 3.05) is 48.3 Å². The smallest absolute Gasteiger partial charge is 0.135 e. The predicted molar refractivity (Wildman–Crippen MR) is 109 cm³/mol. The number of pyridine rings is 2. The SMILES string of the molecule is C[C@H](O)CNc1cc(N2CCNCC2)cc(Nc2ccc(C3CC3)cn2)n1. The van der Waals surface area contributed by atoms with E-state index < -0.39 is 6.10 Å². The molecule has 0 unspecified atom stereocenters. The van der Waals surface area contributed by atoms with Gasteiger partial charge in [0, 0.05) is 56.7 Å². The fourth-order valence-electron chi connectivity index (χ4n) is 3.30. The molecule has 2 aliphatic rings. The van der Waals surface area contributed by atoms with Crippen LogP contribution in [0.3, 0.4) is 0 Å². The maximum Gasteiger partial charge on any atom is 0.135 e. The minimum Gasteiger partial charge on any atom is -0.392 e. The molecule has 2 aromatic rings. The van der Waals surface area contributed by atoms with Gasteiger partial charge in [0.1, 0.15) is 17.5 Å². The second-order valence-electron chi connectivity index (χ2n) is 7.44. The Hall–Kier alpha value is -2.38. The third-order valence-electron chi connectivity index (χ3n) is 4.96. The van der Waals surface area contributed by atoms with E-state index in [1.54, 1.807) is 6.92 Å². The van der Waals surface area contributed by atoms with Crippen LogP contribution in [0.25, 0.3) is 0 Å². The van der Waals surface area contributed by atoms with E-state index in [9.17, 15) is 5.11 Å². The van der Waals surface area contributed by atoms with Gasteiger partial charge in [-0.25, -0.2) is 9.97 Å². The van der Waals surface area contributed by atoms with Crippen LogP contribution < -0.4 is 20.9 Å². The molecule has 2 fully saturated rings. The number of rotatable bonds is 7. The van der Waals surface area contributed by atoms with Crippen molar-refractivity contribution in [3.05, 3.63) is 36.0 Å². The normalized spacial score (nSPS) is 18.2. The number of nitrogens with one attached hydrogen (secondary N) is 3. The van der Waals surface area contributed by atoms with Crippen molar-refractivity contribution < 1.29 is 5.11 Å². The highest BCUT2D eigenvalue weighted by molar-refractivity contribution is 5.65. The molecule has 1 saturated carbocycles. The summed E-state index contributed by atoms with van der Waals surface area (Å²) in [5, 5.41) is 19.5. The summed E-state index contributed by atoms with van der Waals surface area (Å²) in [5.41, 5.74) is 2.44. The number of hydrogen-bond acceptors (Lipinski definition) is 7. The lowest BCUT2D eigenvalue weighted by atomic mass is 10.2. The standard InChI is InChI=1S/C20H28N6O/c1-14(27)12-22-19-10-17(26-8-6-21-7-9-26)11-20(25-19)24-18-5-4-16(13-23-18)15-2-3-15/h4-5,10-11,13-15,21,27H,2-3,6-9,12H2,1H3,(H2,22,23,24,25)/t14-/m0/s1. The monoisotopic (exact) mass is 368 g/mol. The second-order valence-corrected chi connectivity index (χ2v) is 7.44. The maximum absolute atomic E-state index is 9.58. The van der Waals surface area contributed by atoms with Crippen molar-refractivity contribution in [1.82, 2.24) is 15.3 Å². The minimum absolute atomic E-state index is 0.428. The van der Waals surface area contributed by atoms with E-state index in [0.29, 0.717) is 12.5 Å². The molecule has 7 nitrogen and oxygen atoms in total. The molecule has 27 heavy (non-hydrogen) atoms. The Morgan fingerprint density at radius 1 is 1.19 bits per heavy atom. The number of piperazine rings is 1. The first kappa shape index (κ1) is 18.0. The van der Waals surface area contributed by atoms with Crippen LogP contribution in [0.5, 0.6) is 0 Å². The summed E-state index contributed by atoms with van der Waals surface area (Å²) in [4.78, 5) is 11.5. The van der Waals surface area contributed by atoms with E-state index in [1.807, 2.05) is 18.3 Å². The molecule has 1 aliphatic heterocycles. The van der Waals surface area contributed by atoms with Crippen molar-refractivity contribution in [1.29, 1.82) is 0 Å². The minimum atomic E-state index is -0.428. The van der Waals surface area contributed by atoms with Gasteiger partial charge in [0.15, 0.2) is 0 Å². The summed E-state index contributed by atoms with van der Waals surface area (Å²) in [5.74, 6) is 3.01. The average Bonchev–Trinajstić information content (AvgIpc) is 3.53. The third kappa shape index (κ3) is 4.87. The molecular formula is C20H28N6O. The highest BCUT2D eigenvalue weighted by Crippen LogP contribution is 2.39. The van der Waals surface area contributed by atoms with Crippen LogP contribution in [0.15, 0.2) is 30.5 Å². The van der Waals surface area contributed by atoms with Gasteiger partial charge in [-0.2, -0.15) is 0 Å². The molecule has 7 heteroatoms. The van der Waals surface area contributed by atoms with Crippen LogP contribution in [0.4, 0.5) is 23.1 Å². The van der Waals surface area contributed by atoms with Crippen molar-refractivity contribution >= 4 is 23.1 Å². The van der Waals surface area contributed by atoms with E-state index in [0.717, 1.165) is 49.3 Å². The van der Waals surface area contributed by atoms with Crippen molar-refractivity contribution in [3.63, 3.8) is 0 Å². The van der Waals surface area contributed by atoms with Gasteiger partial charge in [0.25, 0.3) is 0 Å². The van der Waals surface area contributed by atoms with Crippen LogP contribution in [0.2, 0.25) is 0 Å².